The first-order valence-electron chi connectivity index (χ1n) is 7.36. The fourth-order valence-electron chi connectivity index (χ4n) is 2.19. The Morgan fingerprint density at radius 3 is 2.43 bits per heavy atom. The number of anilines is 1. The van der Waals surface area contributed by atoms with Crippen molar-refractivity contribution >= 4 is 5.82 Å². The summed E-state index contributed by atoms with van der Waals surface area (Å²) in [5.74, 6) is 1.90. The maximum atomic E-state index is 5.64. The largest absolute Gasteiger partial charge is 0.370 e. The zero-order valence-corrected chi connectivity index (χ0v) is 13.1. The van der Waals surface area contributed by atoms with Gasteiger partial charge in [0.05, 0.1) is 0 Å². The van der Waals surface area contributed by atoms with Crippen molar-refractivity contribution in [2.75, 3.05) is 19.0 Å². The second kappa shape index (κ2) is 7.18. The zero-order chi connectivity index (χ0) is 15.2. The summed E-state index contributed by atoms with van der Waals surface area (Å²) in [7, 11) is 1.69. The van der Waals surface area contributed by atoms with Gasteiger partial charge >= 0.3 is 0 Å². The number of aromatic nitrogens is 2. The van der Waals surface area contributed by atoms with Crippen molar-refractivity contribution in [3.8, 4) is 0 Å². The average molecular weight is 285 g/mol. The normalized spacial score (nSPS) is 12.4. The lowest BCUT2D eigenvalue weighted by molar-refractivity contribution is 0.129. The van der Waals surface area contributed by atoms with Gasteiger partial charge in [0.1, 0.15) is 11.9 Å². The summed E-state index contributed by atoms with van der Waals surface area (Å²) in [5.41, 5.74) is 2.08. The van der Waals surface area contributed by atoms with Crippen LogP contribution in [0.2, 0.25) is 0 Å². The first-order chi connectivity index (χ1) is 10.2. The molecule has 1 unspecified atom stereocenters. The number of hydrogen-bond acceptors (Lipinski definition) is 4. The van der Waals surface area contributed by atoms with E-state index in [0.29, 0.717) is 11.7 Å². The van der Waals surface area contributed by atoms with Crippen LogP contribution in [0.3, 0.4) is 0 Å². The zero-order valence-electron chi connectivity index (χ0n) is 13.1. The molecule has 1 N–H and O–H groups in total. The first-order valence-corrected chi connectivity index (χ1v) is 7.36. The van der Waals surface area contributed by atoms with Crippen LogP contribution in [0.25, 0.3) is 0 Å². The molecule has 21 heavy (non-hydrogen) atoms. The Bertz CT molecular complexity index is 570. The fraction of sp³-hybridized carbons (Fsp3) is 0.412. The van der Waals surface area contributed by atoms with Crippen LogP contribution in [0.1, 0.15) is 49.9 Å². The van der Waals surface area contributed by atoms with Crippen molar-refractivity contribution in [3.05, 3.63) is 53.5 Å². The highest BCUT2D eigenvalue weighted by Gasteiger charge is 2.18. The second-order valence-electron chi connectivity index (χ2n) is 5.25. The van der Waals surface area contributed by atoms with Gasteiger partial charge in [-0.05, 0) is 18.4 Å². The molecular formula is C17H23N3O. The molecule has 0 saturated heterocycles. The van der Waals surface area contributed by atoms with Crippen LogP contribution < -0.4 is 5.32 Å². The van der Waals surface area contributed by atoms with Gasteiger partial charge in [-0.1, -0.05) is 44.2 Å². The van der Waals surface area contributed by atoms with Crippen LogP contribution >= 0.6 is 0 Å². The van der Waals surface area contributed by atoms with E-state index in [1.165, 1.54) is 0 Å². The second-order valence-corrected chi connectivity index (χ2v) is 5.25. The Morgan fingerprint density at radius 2 is 1.86 bits per heavy atom. The molecule has 112 valence electrons. The summed E-state index contributed by atoms with van der Waals surface area (Å²) in [5, 5.41) is 3.27. The Labute approximate surface area is 126 Å². The molecule has 0 fully saturated rings. The molecular weight excluding hydrogens is 262 g/mol. The van der Waals surface area contributed by atoms with Crippen LogP contribution in [0.15, 0.2) is 36.4 Å². The number of nitrogens with one attached hydrogen (secondary N) is 1. The minimum Gasteiger partial charge on any atom is -0.370 e. The average Bonchev–Trinajstić information content (AvgIpc) is 2.49. The van der Waals surface area contributed by atoms with Crippen molar-refractivity contribution in [3.63, 3.8) is 0 Å². The van der Waals surface area contributed by atoms with Crippen LogP contribution in [-0.2, 0) is 4.74 Å². The lowest BCUT2D eigenvalue weighted by Gasteiger charge is -2.17. The van der Waals surface area contributed by atoms with E-state index in [2.05, 4.69) is 36.1 Å². The predicted octanol–water partition coefficient (Wildman–Crippen LogP) is 3.77. The molecule has 0 radical (unpaired) electrons. The molecule has 0 amide bonds. The summed E-state index contributed by atoms with van der Waals surface area (Å²) in [6.45, 7) is 7.15. The molecule has 0 spiro atoms. The van der Waals surface area contributed by atoms with Gasteiger partial charge in [0.2, 0.25) is 0 Å². The number of hydrogen-bond donors (Lipinski definition) is 1. The number of benzene rings is 1. The minimum absolute atomic E-state index is 0.248. The van der Waals surface area contributed by atoms with Crippen LogP contribution in [-0.4, -0.2) is 23.6 Å². The molecule has 1 atom stereocenters. The smallest absolute Gasteiger partial charge is 0.164 e. The van der Waals surface area contributed by atoms with Gasteiger partial charge in [0.25, 0.3) is 0 Å². The highest BCUT2D eigenvalue weighted by Crippen LogP contribution is 2.25. The van der Waals surface area contributed by atoms with E-state index in [1.54, 1.807) is 7.11 Å². The van der Waals surface area contributed by atoms with Crippen LogP contribution in [0.5, 0.6) is 0 Å². The van der Waals surface area contributed by atoms with Gasteiger partial charge in [0.15, 0.2) is 5.82 Å². The molecule has 2 aromatic rings. The third-order valence-corrected chi connectivity index (χ3v) is 3.29. The Morgan fingerprint density at radius 1 is 1.14 bits per heavy atom. The van der Waals surface area contributed by atoms with E-state index in [4.69, 9.17) is 4.74 Å². The van der Waals surface area contributed by atoms with E-state index in [9.17, 15) is 0 Å². The molecule has 0 bridgehead atoms. The summed E-state index contributed by atoms with van der Waals surface area (Å²) in [6, 6.07) is 12.1. The Hall–Kier alpha value is -1.94. The summed E-state index contributed by atoms with van der Waals surface area (Å²) in [4.78, 5) is 9.29. The number of ether oxygens (including phenoxy) is 1. The van der Waals surface area contributed by atoms with Gasteiger partial charge < -0.3 is 10.1 Å². The SMILES string of the molecule is CCNc1cc(C(C)C)nc(C(OC)c2ccccc2)n1. The van der Waals surface area contributed by atoms with Gasteiger partial charge in [0, 0.05) is 25.4 Å². The molecule has 1 heterocycles. The number of methoxy groups -OCH3 is 1. The molecule has 2 rings (SSSR count). The minimum atomic E-state index is -0.248. The van der Waals surface area contributed by atoms with Gasteiger partial charge in [-0.25, -0.2) is 9.97 Å². The third kappa shape index (κ3) is 3.79. The number of rotatable bonds is 6. The highest BCUT2D eigenvalue weighted by atomic mass is 16.5. The van der Waals surface area contributed by atoms with Crippen molar-refractivity contribution < 1.29 is 4.74 Å². The lowest BCUT2D eigenvalue weighted by Crippen LogP contribution is -2.13. The third-order valence-electron chi connectivity index (χ3n) is 3.29. The molecule has 1 aromatic carbocycles. The van der Waals surface area contributed by atoms with E-state index >= 15 is 0 Å². The van der Waals surface area contributed by atoms with Crippen LogP contribution in [0, 0.1) is 0 Å². The topological polar surface area (TPSA) is 47.0 Å². The van der Waals surface area contributed by atoms with Gasteiger partial charge in [-0.3, -0.25) is 0 Å². The molecule has 0 aliphatic rings. The molecule has 0 saturated carbocycles. The maximum absolute atomic E-state index is 5.64. The van der Waals surface area contributed by atoms with Gasteiger partial charge in [-0.2, -0.15) is 0 Å². The van der Waals surface area contributed by atoms with E-state index in [1.807, 2.05) is 36.4 Å². The molecule has 0 aliphatic heterocycles. The Kier molecular flexibility index (Phi) is 5.28. The monoisotopic (exact) mass is 285 g/mol. The number of nitrogens with zero attached hydrogens (tertiary/aromatic N) is 2. The lowest BCUT2D eigenvalue weighted by atomic mass is 10.1. The molecule has 1 aromatic heterocycles. The molecule has 0 aliphatic carbocycles. The standard InChI is InChI=1S/C17H23N3O/c1-5-18-15-11-14(12(2)3)19-17(20-15)16(21-4)13-9-7-6-8-10-13/h6-12,16H,5H2,1-4H3,(H,18,19,20). The van der Waals surface area contributed by atoms with Crippen molar-refractivity contribution in [1.29, 1.82) is 0 Å². The summed E-state index contributed by atoms with van der Waals surface area (Å²) in [6.07, 6.45) is -0.248. The molecule has 4 heteroatoms. The summed E-state index contributed by atoms with van der Waals surface area (Å²) < 4.78 is 5.64. The summed E-state index contributed by atoms with van der Waals surface area (Å²) >= 11 is 0. The van der Waals surface area contributed by atoms with Crippen molar-refractivity contribution in [2.24, 2.45) is 0 Å². The predicted molar refractivity (Wildman–Crippen MR) is 85.6 cm³/mol. The quantitative estimate of drug-likeness (QED) is 0.877. The van der Waals surface area contributed by atoms with Crippen molar-refractivity contribution in [2.45, 2.75) is 32.8 Å². The Balaban J connectivity index is 2.44. The van der Waals surface area contributed by atoms with Crippen molar-refractivity contribution in [1.82, 2.24) is 9.97 Å². The fourth-order valence-corrected chi connectivity index (χ4v) is 2.19. The molecule has 4 nitrogen and oxygen atoms in total. The van der Waals surface area contributed by atoms with Gasteiger partial charge in [-0.15, -0.1) is 0 Å². The highest BCUT2D eigenvalue weighted by molar-refractivity contribution is 5.38. The van der Waals surface area contributed by atoms with Crippen LogP contribution in [0.4, 0.5) is 5.82 Å². The maximum Gasteiger partial charge on any atom is 0.164 e. The first kappa shape index (κ1) is 15.4. The van der Waals surface area contributed by atoms with E-state index in [-0.39, 0.29) is 6.10 Å². The van der Waals surface area contributed by atoms with E-state index < -0.39 is 0 Å². The van der Waals surface area contributed by atoms with E-state index in [0.717, 1.165) is 23.6 Å².